The molecule has 78 valence electrons. The van der Waals surface area contributed by atoms with Gasteiger partial charge in [-0.2, -0.15) is 0 Å². The van der Waals surface area contributed by atoms with Crippen molar-refractivity contribution in [3.8, 4) is 0 Å². The van der Waals surface area contributed by atoms with Gasteiger partial charge < -0.3 is 4.74 Å². The number of allylic oxidation sites excluding steroid dienone is 3. The first-order valence-corrected chi connectivity index (χ1v) is 5.49. The van der Waals surface area contributed by atoms with E-state index in [-0.39, 0.29) is 0 Å². The molecule has 0 saturated carbocycles. The fraction of sp³-hybridized carbons (Fsp3) is 0.667. The predicted molar refractivity (Wildman–Crippen MR) is 58.3 cm³/mol. The Labute approximate surface area is 86.2 Å². The van der Waals surface area contributed by atoms with E-state index in [2.05, 4.69) is 30.1 Å². The summed E-state index contributed by atoms with van der Waals surface area (Å²) in [5.41, 5.74) is 1.41. The molecule has 1 saturated heterocycles. The van der Waals surface area contributed by atoms with Crippen LogP contribution in [0.3, 0.4) is 0 Å². The standard InChI is InChI=1S/C12H19NO/c1-11-3-2-4-12(9-11)10-13-5-7-14-8-6-13/h2-3,9,12H,4-8,10H2,1H3. The second-order valence-electron chi connectivity index (χ2n) is 4.22. The average Bonchev–Trinajstić information content (AvgIpc) is 2.19. The van der Waals surface area contributed by atoms with E-state index in [9.17, 15) is 0 Å². The maximum atomic E-state index is 5.34. The molecule has 1 aliphatic heterocycles. The molecule has 2 heteroatoms. The van der Waals surface area contributed by atoms with Crippen LogP contribution < -0.4 is 0 Å². The Kier molecular flexibility index (Phi) is 3.38. The Balaban J connectivity index is 1.82. The molecule has 14 heavy (non-hydrogen) atoms. The maximum Gasteiger partial charge on any atom is 0.0594 e. The molecule has 1 heterocycles. The molecule has 1 atom stereocenters. The number of hydrogen-bond acceptors (Lipinski definition) is 2. The highest BCUT2D eigenvalue weighted by molar-refractivity contribution is 5.21. The summed E-state index contributed by atoms with van der Waals surface area (Å²) >= 11 is 0. The van der Waals surface area contributed by atoms with Crippen molar-refractivity contribution in [2.75, 3.05) is 32.8 Å². The first-order valence-electron chi connectivity index (χ1n) is 5.49. The third-order valence-corrected chi connectivity index (χ3v) is 2.91. The third kappa shape index (κ3) is 2.69. The summed E-state index contributed by atoms with van der Waals surface area (Å²) in [6, 6.07) is 0. The molecular formula is C12H19NO. The molecule has 2 rings (SSSR count). The SMILES string of the molecule is CC1=CC(CN2CCOCC2)CC=C1. The van der Waals surface area contributed by atoms with Gasteiger partial charge in [0.2, 0.25) is 0 Å². The predicted octanol–water partition coefficient (Wildman–Crippen LogP) is 1.84. The van der Waals surface area contributed by atoms with Crippen molar-refractivity contribution in [3.63, 3.8) is 0 Å². The Hall–Kier alpha value is -0.600. The van der Waals surface area contributed by atoms with E-state index >= 15 is 0 Å². The number of morpholine rings is 1. The van der Waals surface area contributed by atoms with E-state index in [4.69, 9.17) is 4.74 Å². The van der Waals surface area contributed by atoms with Crippen molar-refractivity contribution in [1.82, 2.24) is 4.90 Å². The Morgan fingerprint density at radius 2 is 2.21 bits per heavy atom. The minimum Gasteiger partial charge on any atom is -0.379 e. The van der Waals surface area contributed by atoms with Gasteiger partial charge in [0, 0.05) is 19.6 Å². The van der Waals surface area contributed by atoms with Crippen LogP contribution in [0.1, 0.15) is 13.3 Å². The number of hydrogen-bond donors (Lipinski definition) is 0. The van der Waals surface area contributed by atoms with Crippen LogP contribution in [0.25, 0.3) is 0 Å². The van der Waals surface area contributed by atoms with Crippen molar-refractivity contribution in [3.05, 3.63) is 23.8 Å². The lowest BCUT2D eigenvalue weighted by Crippen LogP contribution is -2.39. The Bertz CT molecular complexity index is 239. The topological polar surface area (TPSA) is 12.5 Å². The van der Waals surface area contributed by atoms with Gasteiger partial charge >= 0.3 is 0 Å². The van der Waals surface area contributed by atoms with E-state index < -0.39 is 0 Å². The van der Waals surface area contributed by atoms with Crippen LogP contribution in [0.5, 0.6) is 0 Å². The summed E-state index contributed by atoms with van der Waals surface area (Å²) in [7, 11) is 0. The average molecular weight is 193 g/mol. The molecule has 0 N–H and O–H groups in total. The monoisotopic (exact) mass is 193 g/mol. The molecule has 0 spiro atoms. The molecule has 1 unspecified atom stereocenters. The molecule has 1 fully saturated rings. The van der Waals surface area contributed by atoms with E-state index in [1.54, 1.807) is 0 Å². The Morgan fingerprint density at radius 3 is 2.93 bits per heavy atom. The molecule has 0 aromatic heterocycles. The lowest BCUT2D eigenvalue weighted by atomic mass is 9.96. The summed E-state index contributed by atoms with van der Waals surface area (Å²) in [6.07, 6.45) is 8.11. The minimum absolute atomic E-state index is 0.720. The molecular weight excluding hydrogens is 174 g/mol. The molecule has 2 aliphatic rings. The Morgan fingerprint density at radius 1 is 1.43 bits per heavy atom. The third-order valence-electron chi connectivity index (χ3n) is 2.91. The van der Waals surface area contributed by atoms with Gasteiger partial charge in [-0.05, 0) is 19.3 Å². The van der Waals surface area contributed by atoms with Crippen LogP contribution in [0.4, 0.5) is 0 Å². The van der Waals surface area contributed by atoms with Crippen molar-refractivity contribution in [2.24, 2.45) is 5.92 Å². The zero-order chi connectivity index (χ0) is 9.80. The van der Waals surface area contributed by atoms with E-state index in [1.807, 2.05) is 0 Å². The molecule has 0 aromatic carbocycles. The van der Waals surface area contributed by atoms with Gasteiger partial charge in [-0.3, -0.25) is 4.90 Å². The molecule has 2 nitrogen and oxygen atoms in total. The van der Waals surface area contributed by atoms with Crippen molar-refractivity contribution >= 4 is 0 Å². The second kappa shape index (κ2) is 4.76. The van der Waals surface area contributed by atoms with Crippen LogP contribution in [-0.2, 0) is 4.74 Å². The van der Waals surface area contributed by atoms with Gasteiger partial charge in [0.15, 0.2) is 0 Å². The summed E-state index contributed by atoms with van der Waals surface area (Å²) in [5, 5.41) is 0. The van der Waals surface area contributed by atoms with Crippen LogP contribution in [0.2, 0.25) is 0 Å². The lowest BCUT2D eigenvalue weighted by molar-refractivity contribution is 0.0335. The fourth-order valence-corrected chi connectivity index (χ4v) is 2.17. The number of rotatable bonds is 2. The first-order chi connectivity index (χ1) is 6.84. The van der Waals surface area contributed by atoms with Gasteiger partial charge in [0.25, 0.3) is 0 Å². The molecule has 0 aromatic rings. The normalized spacial score (nSPS) is 28.9. The quantitative estimate of drug-likeness (QED) is 0.663. The molecule has 0 radical (unpaired) electrons. The van der Waals surface area contributed by atoms with E-state index in [0.29, 0.717) is 0 Å². The highest BCUT2D eigenvalue weighted by atomic mass is 16.5. The fourth-order valence-electron chi connectivity index (χ4n) is 2.17. The largest absolute Gasteiger partial charge is 0.379 e. The van der Waals surface area contributed by atoms with Crippen molar-refractivity contribution < 1.29 is 4.74 Å². The molecule has 0 bridgehead atoms. The molecule has 1 aliphatic carbocycles. The van der Waals surface area contributed by atoms with Gasteiger partial charge in [0.05, 0.1) is 13.2 Å². The zero-order valence-corrected chi connectivity index (χ0v) is 8.91. The smallest absolute Gasteiger partial charge is 0.0594 e. The van der Waals surface area contributed by atoms with Crippen molar-refractivity contribution in [1.29, 1.82) is 0 Å². The second-order valence-corrected chi connectivity index (χ2v) is 4.22. The highest BCUT2D eigenvalue weighted by Crippen LogP contribution is 2.17. The van der Waals surface area contributed by atoms with Crippen LogP contribution in [-0.4, -0.2) is 37.7 Å². The minimum atomic E-state index is 0.720. The van der Waals surface area contributed by atoms with Gasteiger partial charge in [0.1, 0.15) is 0 Å². The summed E-state index contributed by atoms with van der Waals surface area (Å²) in [6.45, 7) is 7.41. The lowest BCUT2D eigenvalue weighted by Gasteiger charge is -2.29. The van der Waals surface area contributed by atoms with Crippen LogP contribution >= 0.6 is 0 Å². The highest BCUT2D eigenvalue weighted by Gasteiger charge is 2.15. The van der Waals surface area contributed by atoms with Crippen LogP contribution in [0.15, 0.2) is 23.8 Å². The van der Waals surface area contributed by atoms with Crippen molar-refractivity contribution in [2.45, 2.75) is 13.3 Å². The summed E-state index contributed by atoms with van der Waals surface area (Å²) in [5.74, 6) is 0.720. The van der Waals surface area contributed by atoms with E-state index in [1.165, 1.54) is 18.5 Å². The van der Waals surface area contributed by atoms with Gasteiger partial charge in [-0.15, -0.1) is 0 Å². The van der Waals surface area contributed by atoms with Crippen LogP contribution in [0, 0.1) is 5.92 Å². The van der Waals surface area contributed by atoms with E-state index in [0.717, 1.165) is 32.2 Å². The summed E-state index contributed by atoms with van der Waals surface area (Å²) in [4.78, 5) is 2.51. The van der Waals surface area contributed by atoms with Gasteiger partial charge in [-0.1, -0.05) is 23.8 Å². The van der Waals surface area contributed by atoms with Gasteiger partial charge in [-0.25, -0.2) is 0 Å². The summed E-state index contributed by atoms with van der Waals surface area (Å²) < 4.78 is 5.34. The number of ether oxygens (including phenoxy) is 1. The zero-order valence-electron chi connectivity index (χ0n) is 8.91. The maximum absolute atomic E-state index is 5.34. The molecule has 0 amide bonds. The first kappa shape index (κ1) is 9.94. The number of nitrogens with zero attached hydrogens (tertiary/aromatic N) is 1.